The molecule has 0 aliphatic heterocycles. The van der Waals surface area contributed by atoms with Crippen LogP contribution in [0.25, 0.3) is 6.08 Å². The van der Waals surface area contributed by atoms with Crippen molar-refractivity contribution in [2.24, 2.45) is 4.99 Å². The highest BCUT2D eigenvalue weighted by atomic mass is 16.3. The van der Waals surface area contributed by atoms with Gasteiger partial charge < -0.3 is 10.0 Å². The molecule has 0 amide bonds. The van der Waals surface area contributed by atoms with Gasteiger partial charge in [0.1, 0.15) is 0 Å². The second-order valence-corrected chi connectivity index (χ2v) is 4.39. The Hall–Kier alpha value is -1.61. The van der Waals surface area contributed by atoms with Crippen LogP contribution in [-0.4, -0.2) is 38.1 Å². The first-order valence-corrected chi connectivity index (χ1v) is 6.25. The van der Waals surface area contributed by atoms with Crippen LogP contribution < -0.4 is 4.90 Å². The summed E-state index contributed by atoms with van der Waals surface area (Å²) >= 11 is 0. The Kier molecular flexibility index (Phi) is 6.15. The molecule has 1 rings (SSSR count). The minimum Gasteiger partial charge on any atom is -0.394 e. The molecule has 0 aliphatic carbocycles. The van der Waals surface area contributed by atoms with E-state index in [1.807, 2.05) is 33.2 Å². The van der Waals surface area contributed by atoms with Gasteiger partial charge in [-0.25, -0.2) is 0 Å². The van der Waals surface area contributed by atoms with Gasteiger partial charge in [0, 0.05) is 26.0 Å². The van der Waals surface area contributed by atoms with E-state index in [1.165, 1.54) is 5.69 Å². The number of hydrogen-bond acceptors (Lipinski definition) is 3. The van der Waals surface area contributed by atoms with Gasteiger partial charge in [-0.3, -0.25) is 4.99 Å². The number of allylic oxidation sites excluding steroid dienone is 1. The van der Waals surface area contributed by atoms with Crippen LogP contribution in [0.2, 0.25) is 0 Å². The van der Waals surface area contributed by atoms with Crippen molar-refractivity contribution in [1.82, 2.24) is 0 Å². The molecule has 1 N–H and O–H groups in total. The minimum atomic E-state index is 0.0192. The lowest BCUT2D eigenvalue weighted by Crippen LogP contribution is -2.08. The van der Waals surface area contributed by atoms with Gasteiger partial charge in [0.15, 0.2) is 0 Å². The predicted octanol–water partition coefficient (Wildman–Crippen LogP) is 2.61. The fourth-order valence-corrected chi connectivity index (χ4v) is 1.49. The lowest BCUT2D eigenvalue weighted by molar-refractivity contribution is 0.264. The Bertz CT molecular complexity index is 389. The zero-order chi connectivity index (χ0) is 13.4. The van der Waals surface area contributed by atoms with Crippen LogP contribution in [0.4, 0.5) is 5.69 Å². The molecular weight excluding hydrogens is 224 g/mol. The van der Waals surface area contributed by atoms with Crippen molar-refractivity contribution in [2.75, 3.05) is 25.6 Å². The van der Waals surface area contributed by atoms with Crippen LogP contribution in [0.1, 0.15) is 18.9 Å². The third-order valence-electron chi connectivity index (χ3n) is 2.76. The second kappa shape index (κ2) is 7.67. The van der Waals surface area contributed by atoms with Gasteiger partial charge in [0.05, 0.1) is 12.6 Å². The summed E-state index contributed by atoms with van der Waals surface area (Å²) in [5.74, 6) is 0. The summed E-state index contributed by atoms with van der Waals surface area (Å²) in [6, 6.07) is 8.33. The highest BCUT2D eigenvalue weighted by Gasteiger charge is 1.97. The van der Waals surface area contributed by atoms with E-state index in [1.54, 1.807) is 6.21 Å². The summed E-state index contributed by atoms with van der Waals surface area (Å²) in [5, 5.41) is 8.98. The van der Waals surface area contributed by atoms with Gasteiger partial charge in [-0.05, 0) is 30.2 Å². The molecule has 0 radical (unpaired) electrons. The van der Waals surface area contributed by atoms with Gasteiger partial charge in [-0.1, -0.05) is 25.1 Å². The highest BCUT2D eigenvalue weighted by Crippen LogP contribution is 2.12. The lowest BCUT2D eigenvalue weighted by atomic mass is 10.2. The second-order valence-electron chi connectivity index (χ2n) is 4.39. The van der Waals surface area contributed by atoms with E-state index in [2.05, 4.69) is 34.2 Å². The Morgan fingerprint density at radius 3 is 2.44 bits per heavy atom. The van der Waals surface area contributed by atoms with Gasteiger partial charge >= 0.3 is 0 Å². The largest absolute Gasteiger partial charge is 0.394 e. The normalized spacial score (nSPS) is 13.3. The van der Waals surface area contributed by atoms with E-state index in [9.17, 15) is 0 Å². The first kappa shape index (κ1) is 14.5. The van der Waals surface area contributed by atoms with Crippen LogP contribution in [0.5, 0.6) is 0 Å². The van der Waals surface area contributed by atoms with Gasteiger partial charge in [-0.15, -0.1) is 0 Å². The summed E-state index contributed by atoms with van der Waals surface area (Å²) in [7, 11) is 4.05. The maximum atomic E-state index is 8.98. The van der Waals surface area contributed by atoms with Crippen molar-refractivity contribution in [2.45, 2.75) is 19.4 Å². The average molecular weight is 246 g/mol. The molecule has 0 spiro atoms. The number of aliphatic hydroxyl groups excluding tert-OH is 1. The Labute approximate surface area is 109 Å². The Morgan fingerprint density at radius 1 is 1.28 bits per heavy atom. The Balaban J connectivity index is 2.57. The maximum absolute atomic E-state index is 8.98. The van der Waals surface area contributed by atoms with E-state index < -0.39 is 0 Å². The molecule has 0 heterocycles. The summed E-state index contributed by atoms with van der Waals surface area (Å²) in [6.07, 6.45) is 6.53. The van der Waals surface area contributed by atoms with Crippen LogP contribution in [0.3, 0.4) is 0 Å². The number of nitrogens with zero attached hydrogens (tertiary/aromatic N) is 2. The molecule has 1 aromatic rings. The molecule has 0 unspecified atom stereocenters. The van der Waals surface area contributed by atoms with E-state index >= 15 is 0 Å². The summed E-state index contributed by atoms with van der Waals surface area (Å²) in [5.41, 5.74) is 2.33. The molecule has 1 atom stereocenters. The number of anilines is 1. The van der Waals surface area contributed by atoms with Crippen LogP contribution in [-0.2, 0) is 0 Å². The van der Waals surface area contributed by atoms with E-state index in [-0.39, 0.29) is 12.6 Å². The zero-order valence-electron chi connectivity index (χ0n) is 11.4. The molecule has 0 aromatic heterocycles. The monoisotopic (exact) mass is 246 g/mol. The quantitative estimate of drug-likeness (QED) is 0.783. The van der Waals surface area contributed by atoms with Crippen LogP contribution in [0.15, 0.2) is 35.3 Å². The third-order valence-corrected chi connectivity index (χ3v) is 2.76. The van der Waals surface area contributed by atoms with Crippen LogP contribution >= 0.6 is 0 Å². The van der Waals surface area contributed by atoms with E-state index in [4.69, 9.17) is 5.11 Å². The van der Waals surface area contributed by atoms with Crippen molar-refractivity contribution in [3.63, 3.8) is 0 Å². The summed E-state index contributed by atoms with van der Waals surface area (Å²) in [4.78, 5) is 6.32. The summed E-state index contributed by atoms with van der Waals surface area (Å²) in [6.45, 7) is 2.13. The first-order chi connectivity index (χ1) is 8.67. The van der Waals surface area contributed by atoms with Crippen molar-refractivity contribution < 1.29 is 5.11 Å². The molecule has 0 bridgehead atoms. The molecule has 3 heteroatoms. The molecule has 18 heavy (non-hydrogen) atoms. The molecule has 0 fully saturated rings. The molecule has 0 saturated heterocycles. The van der Waals surface area contributed by atoms with E-state index in [0.717, 1.165) is 12.0 Å². The summed E-state index contributed by atoms with van der Waals surface area (Å²) < 4.78 is 0. The molecule has 1 aromatic carbocycles. The smallest absolute Gasteiger partial charge is 0.0727 e. The van der Waals surface area contributed by atoms with Gasteiger partial charge in [-0.2, -0.15) is 0 Å². The van der Waals surface area contributed by atoms with Gasteiger partial charge in [0.25, 0.3) is 0 Å². The van der Waals surface area contributed by atoms with Crippen molar-refractivity contribution in [1.29, 1.82) is 0 Å². The number of benzene rings is 1. The standard InChI is InChI=1S/C15H22N2O/c1-4-14(12-18)16-11-5-6-13-7-9-15(10-8-13)17(2)3/h5-11,14,18H,4,12H2,1-3H3/b6-5+,16-11?/t14-/m1/s1. The SMILES string of the molecule is CC[C@H](CO)N=C/C=C/c1ccc(N(C)C)cc1. The zero-order valence-corrected chi connectivity index (χ0v) is 11.4. The number of hydrogen-bond donors (Lipinski definition) is 1. The van der Waals surface area contributed by atoms with Crippen LogP contribution in [0, 0.1) is 0 Å². The number of rotatable bonds is 6. The topological polar surface area (TPSA) is 35.8 Å². The van der Waals surface area contributed by atoms with E-state index in [0.29, 0.717) is 0 Å². The average Bonchev–Trinajstić information content (AvgIpc) is 2.39. The highest BCUT2D eigenvalue weighted by molar-refractivity contribution is 5.78. The lowest BCUT2D eigenvalue weighted by Gasteiger charge is -2.11. The van der Waals surface area contributed by atoms with Gasteiger partial charge in [0.2, 0.25) is 0 Å². The van der Waals surface area contributed by atoms with Crippen molar-refractivity contribution in [3.8, 4) is 0 Å². The predicted molar refractivity (Wildman–Crippen MR) is 79.5 cm³/mol. The third kappa shape index (κ3) is 4.72. The number of aliphatic hydroxyl groups is 1. The molecule has 0 aliphatic rings. The molecule has 98 valence electrons. The van der Waals surface area contributed by atoms with Crippen molar-refractivity contribution in [3.05, 3.63) is 35.9 Å². The van der Waals surface area contributed by atoms with Crippen molar-refractivity contribution >= 4 is 18.0 Å². The number of aliphatic imine (C=N–C) groups is 1. The minimum absolute atomic E-state index is 0.0192. The first-order valence-electron chi connectivity index (χ1n) is 6.25. The maximum Gasteiger partial charge on any atom is 0.0727 e. The molecule has 0 saturated carbocycles. The fourth-order valence-electron chi connectivity index (χ4n) is 1.49. The fraction of sp³-hybridized carbons (Fsp3) is 0.400. The molecular formula is C15H22N2O. The Morgan fingerprint density at radius 2 is 1.94 bits per heavy atom. The molecule has 3 nitrogen and oxygen atoms in total.